The SMILES string of the molecule is CNC(=O)[C@H](C)N(Cc1ccc(Cl)cc1)C(=O)CCc1ccc(C(C)(C)C)cc1. The maximum Gasteiger partial charge on any atom is 0.242 e. The Hall–Kier alpha value is -2.33. The van der Waals surface area contributed by atoms with Gasteiger partial charge in [0.2, 0.25) is 11.8 Å². The highest BCUT2D eigenvalue weighted by Gasteiger charge is 2.25. The highest BCUT2D eigenvalue weighted by atomic mass is 35.5. The summed E-state index contributed by atoms with van der Waals surface area (Å²) in [5.74, 6) is -0.224. The molecule has 2 aromatic rings. The van der Waals surface area contributed by atoms with Crippen molar-refractivity contribution in [1.82, 2.24) is 10.2 Å². The van der Waals surface area contributed by atoms with Crippen LogP contribution >= 0.6 is 11.6 Å². The van der Waals surface area contributed by atoms with Gasteiger partial charge < -0.3 is 10.2 Å². The van der Waals surface area contributed by atoms with Gasteiger partial charge in [0.25, 0.3) is 0 Å². The zero-order chi connectivity index (χ0) is 21.6. The summed E-state index contributed by atoms with van der Waals surface area (Å²) in [6.07, 6.45) is 0.991. The average molecular weight is 415 g/mol. The van der Waals surface area contributed by atoms with Crippen molar-refractivity contribution in [1.29, 1.82) is 0 Å². The number of halogens is 1. The van der Waals surface area contributed by atoms with Crippen LogP contribution in [0.4, 0.5) is 0 Å². The van der Waals surface area contributed by atoms with E-state index in [9.17, 15) is 9.59 Å². The van der Waals surface area contributed by atoms with Crippen molar-refractivity contribution in [2.45, 2.75) is 58.5 Å². The Labute approximate surface area is 179 Å². The van der Waals surface area contributed by atoms with Crippen LogP contribution in [0.1, 0.15) is 50.8 Å². The van der Waals surface area contributed by atoms with Crippen LogP contribution in [-0.2, 0) is 28.0 Å². The molecule has 0 bridgehead atoms. The second-order valence-electron chi connectivity index (χ2n) is 8.39. The van der Waals surface area contributed by atoms with Crippen LogP contribution in [-0.4, -0.2) is 29.8 Å². The van der Waals surface area contributed by atoms with Gasteiger partial charge in [-0.25, -0.2) is 0 Å². The lowest BCUT2D eigenvalue weighted by Crippen LogP contribution is -2.46. The van der Waals surface area contributed by atoms with E-state index >= 15 is 0 Å². The number of rotatable bonds is 7. The average Bonchev–Trinajstić information content (AvgIpc) is 2.70. The minimum Gasteiger partial charge on any atom is -0.357 e. The third kappa shape index (κ3) is 6.60. The molecule has 0 aromatic heterocycles. The van der Waals surface area contributed by atoms with Crippen molar-refractivity contribution in [3.8, 4) is 0 Å². The van der Waals surface area contributed by atoms with Gasteiger partial charge in [-0.3, -0.25) is 9.59 Å². The number of likely N-dealkylation sites (N-methyl/N-ethyl adjacent to an activating group) is 1. The van der Waals surface area contributed by atoms with Gasteiger partial charge in [0, 0.05) is 25.0 Å². The Balaban J connectivity index is 2.10. The summed E-state index contributed by atoms with van der Waals surface area (Å²) >= 11 is 5.96. The summed E-state index contributed by atoms with van der Waals surface area (Å²) in [5, 5.41) is 3.28. The van der Waals surface area contributed by atoms with Crippen LogP contribution in [0.15, 0.2) is 48.5 Å². The molecule has 1 atom stereocenters. The largest absolute Gasteiger partial charge is 0.357 e. The summed E-state index contributed by atoms with van der Waals surface area (Å²) in [6, 6.07) is 15.2. The first-order chi connectivity index (χ1) is 13.6. The van der Waals surface area contributed by atoms with E-state index in [2.05, 4.69) is 50.4 Å². The van der Waals surface area contributed by atoms with Crippen LogP contribution in [0.3, 0.4) is 0 Å². The van der Waals surface area contributed by atoms with Crippen molar-refractivity contribution in [3.05, 3.63) is 70.2 Å². The molecular weight excluding hydrogens is 384 g/mol. The second kappa shape index (κ2) is 9.93. The van der Waals surface area contributed by atoms with Gasteiger partial charge in [-0.1, -0.05) is 68.8 Å². The summed E-state index contributed by atoms with van der Waals surface area (Å²) in [7, 11) is 1.58. The molecule has 1 N–H and O–H groups in total. The van der Waals surface area contributed by atoms with Crippen LogP contribution in [0, 0.1) is 0 Å². The normalized spacial score (nSPS) is 12.3. The van der Waals surface area contributed by atoms with Gasteiger partial charge in [-0.15, -0.1) is 0 Å². The molecule has 2 rings (SSSR count). The molecule has 2 amide bonds. The monoisotopic (exact) mass is 414 g/mol. The molecule has 0 unspecified atom stereocenters. The zero-order valence-corrected chi connectivity index (χ0v) is 18.7. The molecular formula is C24H31ClN2O2. The molecule has 0 saturated heterocycles. The van der Waals surface area contributed by atoms with Crippen LogP contribution < -0.4 is 5.32 Å². The Morgan fingerprint density at radius 2 is 1.55 bits per heavy atom. The highest BCUT2D eigenvalue weighted by Crippen LogP contribution is 2.23. The van der Waals surface area contributed by atoms with Gasteiger partial charge in [0.1, 0.15) is 6.04 Å². The third-order valence-corrected chi connectivity index (χ3v) is 5.38. The van der Waals surface area contributed by atoms with Gasteiger partial charge >= 0.3 is 0 Å². The molecule has 156 valence electrons. The van der Waals surface area contributed by atoms with Crippen LogP contribution in [0.2, 0.25) is 5.02 Å². The molecule has 0 saturated carbocycles. The molecule has 0 aliphatic carbocycles. The highest BCUT2D eigenvalue weighted by molar-refractivity contribution is 6.30. The molecule has 0 aliphatic heterocycles. The molecule has 0 aliphatic rings. The van der Waals surface area contributed by atoms with Crippen molar-refractivity contribution in [3.63, 3.8) is 0 Å². The van der Waals surface area contributed by atoms with Crippen molar-refractivity contribution < 1.29 is 9.59 Å². The Bertz CT molecular complexity index is 823. The van der Waals surface area contributed by atoms with Crippen molar-refractivity contribution >= 4 is 23.4 Å². The summed E-state index contributed by atoms with van der Waals surface area (Å²) < 4.78 is 0. The van der Waals surface area contributed by atoms with E-state index in [4.69, 9.17) is 11.6 Å². The number of hydrogen-bond acceptors (Lipinski definition) is 2. The standard InChI is InChI=1S/C24H31ClN2O2/c1-17(23(29)26-5)27(16-19-8-13-21(25)14-9-19)22(28)15-10-18-6-11-20(12-7-18)24(2,3)4/h6-9,11-14,17H,10,15-16H2,1-5H3,(H,26,29)/t17-/m0/s1. The smallest absolute Gasteiger partial charge is 0.242 e. The number of carbonyl (C=O) groups excluding carboxylic acids is 2. The van der Waals surface area contributed by atoms with Gasteiger partial charge in [0.05, 0.1) is 0 Å². The number of hydrogen-bond donors (Lipinski definition) is 1. The fourth-order valence-corrected chi connectivity index (χ4v) is 3.27. The molecule has 0 heterocycles. The van der Waals surface area contributed by atoms with E-state index in [0.29, 0.717) is 24.4 Å². The molecule has 29 heavy (non-hydrogen) atoms. The zero-order valence-electron chi connectivity index (χ0n) is 18.0. The number of carbonyl (C=O) groups is 2. The summed E-state index contributed by atoms with van der Waals surface area (Å²) in [4.78, 5) is 26.8. The molecule has 4 nitrogen and oxygen atoms in total. The predicted molar refractivity (Wildman–Crippen MR) is 119 cm³/mol. The number of nitrogens with zero attached hydrogens (tertiary/aromatic N) is 1. The maximum atomic E-state index is 13.0. The summed E-state index contributed by atoms with van der Waals surface area (Å²) in [5.41, 5.74) is 3.43. The molecule has 0 fully saturated rings. The van der Waals surface area contributed by atoms with Gasteiger partial charge in [-0.2, -0.15) is 0 Å². The fraction of sp³-hybridized carbons (Fsp3) is 0.417. The first kappa shape index (κ1) is 23.0. The lowest BCUT2D eigenvalue weighted by atomic mass is 9.86. The van der Waals surface area contributed by atoms with E-state index in [1.807, 2.05) is 12.1 Å². The number of nitrogens with one attached hydrogen (secondary N) is 1. The van der Waals surface area contributed by atoms with E-state index in [1.165, 1.54) is 5.56 Å². The quantitative estimate of drug-likeness (QED) is 0.711. The first-order valence-electron chi connectivity index (χ1n) is 9.96. The van der Waals surface area contributed by atoms with Gasteiger partial charge in [0.15, 0.2) is 0 Å². The number of benzene rings is 2. The lowest BCUT2D eigenvalue weighted by Gasteiger charge is -2.28. The molecule has 2 aromatic carbocycles. The summed E-state index contributed by atoms with van der Waals surface area (Å²) in [6.45, 7) is 8.67. The second-order valence-corrected chi connectivity index (χ2v) is 8.82. The minimum atomic E-state index is -0.550. The van der Waals surface area contributed by atoms with Crippen molar-refractivity contribution in [2.75, 3.05) is 7.05 Å². The van der Waals surface area contributed by atoms with E-state index in [0.717, 1.165) is 11.1 Å². The number of aryl methyl sites for hydroxylation is 1. The van der Waals surface area contributed by atoms with Crippen LogP contribution in [0.5, 0.6) is 0 Å². The topological polar surface area (TPSA) is 49.4 Å². The lowest BCUT2D eigenvalue weighted by molar-refractivity contribution is -0.140. The molecule has 5 heteroatoms. The van der Waals surface area contributed by atoms with E-state index in [1.54, 1.807) is 31.0 Å². The Morgan fingerprint density at radius 3 is 2.07 bits per heavy atom. The molecule has 0 radical (unpaired) electrons. The van der Waals surface area contributed by atoms with E-state index < -0.39 is 6.04 Å². The maximum absolute atomic E-state index is 13.0. The Morgan fingerprint density at radius 1 is 1.00 bits per heavy atom. The van der Waals surface area contributed by atoms with Crippen LogP contribution in [0.25, 0.3) is 0 Å². The van der Waals surface area contributed by atoms with Crippen molar-refractivity contribution in [2.24, 2.45) is 0 Å². The third-order valence-electron chi connectivity index (χ3n) is 5.13. The van der Waals surface area contributed by atoms with E-state index in [-0.39, 0.29) is 17.2 Å². The number of amides is 2. The fourth-order valence-electron chi connectivity index (χ4n) is 3.14. The van der Waals surface area contributed by atoms with Gasteiger partial charge in [-0.05, 0) is 47.6 Å². The Kier molecular flexibility index (Phi) is 7.86. The molecule has 0 spiro atoms. The minimum absolute atomic E-state index is 0.0454. The predicted octanol–water partition coefficient (Wildman–Crippen LogP) is 4.73. The first-order valence-corrected chi connectivity index (χ1v) is 10.3.